The quantitative estimate of drug-likeness (QED) is 0.732. The van der Waals surface area contributed by atoms with Crippen LogP contribution in [0.3, 0.4) is 0 Å². The van der Waals surface area contributed by atoms with Gasteiger partial charge in [0.1, 0.15) is 5.65 Å². The van der Waals surface area contributed by atoms with E-state index >= 15 is 0 Å². The summed E-state index contributed by atoms with van der Waals surface area (Å²) in [6.07, 6.45) is 3.65. The van der Waals surface area contributed by atoms with E-state index in [1.54, 1.807) is 7.11 Å². The summed E-state index contributed by atoms with van der Waals surface area (Å²) in [5.74, 6) is 0. The summed E-state index contributed by atoms with van der Waals surface area (Å²) in [6, 6.07) is 15.3. The maximum atomic E-state index is 12.0. The summed E-state index contributed by atoms with van der Waals surface area (Å²) in [5, 5.41) is 5.64. The topological polar surface area (TPSA) is 67.7 Å². The van der Waals surface area contributed by atoms with E-state index in [2.05, 4.69) is 15.6 Å². The van der Waals surface area contributed by atoms with Crippen molar-refractivity contribution in [1.82, 2.24) is 20.0 Å². The third-order valence-electron chi connectivity index (χ3n) is 3.75. The number of benzene rings is 1. The fourth-order valence-corrected chi connectivity index (χ4v) is 2.50. The van der Waals surface area contributed by atoms with Gasteiger partial charge in [0.15, 0.2) is 0 Å². The summed E-state index contributed by atoms with van der Waals surface area (Å²) in [7, 11) is 1.63. The van der Waals surface area contributed by atoms with Crippen molar-refractivity contribution in [3.63, 3.8) is 0 Å². The molecule has 0 radical (unpaired) electrons. The number of methoxy groups -OCH3 is 1. The van der Waals surface area contributed by atoms with Crippen LogP contribution in [0.1, 0.15) is 17.4 Å². The number of pyridine rings is 1. The Morgan fingerprint density at radius 1 is 1.17 bits per heavy atom. The van der Waals surface area contributed by atoms with Crippen molar-refractivity contribution >= 4 is 11.7 Å². The van der Waals surface area contributed by atoms with Gasteiger partial charge in [0, 0.05) is 26.0 Å². The number of ether oxygens (including phenoxy) is 1. The highest BCUT2D eigenvalue weighted by Crippen LogP contribution is 2.14. The fourth-order valence-electron chi connectivity index (χ4n) is 2.50. The first-order valence-electron chi connectivity index (χ1n) is 7.78. The van der Waals surface area contributed by atoms with Crippen LogP contribution in [-0.2, 0) is 11.3 Å². The molecular weight excluding hydrogens is 304 g/mol. The highest BCUT2D eigenvalue weighted by atomic mass is 16.5. The Hall–Kier alpha value is -2.86. The van der Waals surface area contributed by atoms with Crippen LogP contribution in [-0.4, -0.2) is 29.1 Å². The Labute approximate surface area is 140 Å². The lowest BCUT2D eigenvalue weighted by Crippen LogP contribution is -2.37. The molecule has 0 saturated carbocycles. The molecule has 124 valence electrons. The number of amides is 2. The Bertz CT molecular complexity index is 768. The normalized spacial score (nSPS) is 12.0. The van der Waals surface area contributed by atoms with Gasteiger partial charge in [0.25, 0.3) is 0 Å². The van der Waals surface area contributed by atoms with Gasteiger partial charge in [-0.25, -0.2) is 9.78 Å². The van der Waals surface area contributed by atoms with Crippen LogP contribution >= 0.6 is 0 Å². The number of imidazole rings is 1. The van der Waals surface area contributed by atoms with Gasteiger partial charge in [0.2, 0.25) is 0 Å². The highest BCUT2D eigenvalue weighted by Gasteiger charge is 2.11. The van der Waals surface area contributed by atoms with Crippen molar-refractivity contribution in [3.05, 3.63) is 72.2 Å². The Balaban J connectivity index is 1.50. The molecule has 0 aliphatic heterocycles. The molecule has 0 aliphatic carbocycles. The van der Waals surface area contributed by atoms with Crippen molar-refractivity contribution in [1.29, 1.82) is 0 Å². The summed E-state index contributed by atoms with van der Waals surface area (Å²) in [5.41, 5.74) is 2.70. The first kappa shape index (κ1) is 16.0. The first-order valence-corrected chi connectivity index (χ1v) is 7.78. The molecule has 2 N–H and O–H groups in total. The van der Waals surface area contributed by atoms with Gasteiger partial charge >= 0.3 is 6.03 Å². The van der Waals surface area contributed by atoms with Gasteiger partial charge in [-0.2, -0.15) is 0 Å². The van der Waals surface area contributed by atoms with Crippen molar-refractivity contribution < 1.29 is 9.53 Å². The monoisotopic (exact) mass is 324 g/mol. The predicted octanol–water partition coefficient (Wildman–Crippen LogP) is 2.52. The van der Waals surface area contributed by atoms with Crippen molar-refractivity contribution in [2.45, 2.75) is 12.6 Å². The van der Waals surface area contributed by atoms with Crippen LogP contribution in [0.2, 0.25) is 0 Å². The Kier molecular flexibility index (Phi) is 5.08. The second kappa shape index (κ2) is 7.61. The van der Waals surface area contributed by atoms with E-state index in [1.807, 2.05) is 65.3 Å². The van der Waals surface area contributed by atoms with Crippen molar-refractivity contribution in [2.24, 2.45) is 0 Å². The number of nitrogens with zero attached hydrogens (tertiary/aromatic N) is 2. The van der Waals surface area contributed by atoms with E-state index in [0.717, 1.165) is 16.9 Å². The molecule has 2 aromatic heterocycles. The van der Waals surface area contributed by atoms with Crippen LogP contribution in [0.4, 0.5) is 4.79 Å². The van der Waals surface area contributed by atoms with E-state index in [4.69, 9.17) is 4.74 Å². The number of aromatic nitrogens is 2. The van der Waals surface area contributed by atoms with E-state index in [-0.39, 0.29) is 12.1 Å². The lowest BCUT2D eigenvalue weighted by molar-refractivity contribution is 0.104. The number of hydrogen-bond donors (Lipinski definition) is 2. The Morgan fingerprint density at radius 3 is 2.71 bits per heavy atom. The number of fused-ring (bicyclic) bond motifs is 1. The Morgan fingerprint density at radius 2 is 1.96 bits per heavy atom. The van der Waals surface area contributed by atoms with Gasteiger partial charge < -0.3 is 19.8 Å². The summed E-state index contributed by atoms with van der Waals surface area (Å²) in [6.45, 7) is 0.772. The van der Waals surface area contributed by atoms with E-state index in [1.165, 1.54) is 0 Å². The average molecular weight is 324 g/mol. The molecule has 0 bridgehead atoms. The van der Waals surface area contributed by atoms with Crippen LogP contribution in [0.25, 0.3) is 5.65 Å². The maximum absolute atomic E-state index is 12.0. The maximum Gasteiger partial charge on any atom is 0.315 e. The van der Waals surface area contributed by atoms with Crippen LogP contribution in [0.15, 0.2) is 60.9 Å². The molecule has 3 rings (SSSR count). The lowest BCUT2D eigenvalue weighted by atomic mass is 10.1. The predicted molar refractivity (Wildman–Crippen MR) is 91.6 cm³/mol. The molecule has 6 nitrogen and oxygen atoms in total. The lowest BCUT2D eigenvalue weighted by Gasteiger charge is -2.16. The largest absolute Gasteiger partial charge is 0.375 e. The standard InChI is InChI=1S/C18H20N4O2/c1-24-16(14-7-3-2-4-8-14)12-20-18(23)19-11-15-13-22-10-6-5-9-17(22)21-15/h2-10,13,16H,11-12H2,1H3,(H2,19,20,23)/t16-/m1/s1. The van der Waals surface area contributed by atoms with Crippen LogP contribution < -0.4 is 10.6 Å². The number of hydrogen-bond acceptors (Lipinski definition) is 3. The molecule has 0 spiro atoms. The second-order valence-electron chi connectivity index (χ2n) is 5.40. The molecule has 0 saturated heterocycles. The fraction of sp³-hybridized carbons (Fsp3) is 0.222. The molecule has 6 heteroatoms. The van der Waals surface area contributed by atoms with Gasteiger partial charge in [-0.1, -0.05) is 36.4 Å². The van der Waals surface area contributed by atoms with Gasteiger partial charge in [-0.05, 0) is 17.7 Å². The molecule has 1 atom stereocenters. The molecule has 3 aromatic rings. The van der Waals surface area contributed by atoms with E-state index in [9.17, 15) is 4.79 Å². The molecule has 0 aliphatic rings. The molecule has 0 unspecified atom stereocenters. The molecule has 1 aromatic carbocycles. The van der Waals surface area contributed by atoms with Crippen LogP contribution in [0, 0.1) is 0 Å². The third-order valence-corrected chi connectivity index (χ3v) is 3.75. The number of rotatable bonds is 6. The zero-order valence-corrected chi connectivity index (χ0v) is 13.5. The number of nitrogens with one attached hydrogen (secondary N) is 2. The molecule has 24 heavy (non-hydrogen) atoms. The number of carbonyl (C=O) groups excluding carboxylic acids is 1. The summed E-state index contributed by atoms with van der Waals surface area (Å²) in [4.78, 5) is 16.4. The zero-order valence-electron chi connectivity index (χ0n) is 13.5. The minimum atomic E-state index is -0.245. The third kappa shape index (κ3) is 3.91. The number of urea groups is 1. The first-order chi connectivity index (χ1) is 11.8. The van der Waals surface area contributed by atoms with E-state index < -0.39 is 0 Å². The van der Waals surface area contributed by atoms with Crippen molar-refractivity contribution in [3.8, 4) is 0 Å². The van der Waals surface area contributed by atoms with E-state index in [0.29, 0.717) is 13.1 Å². The molecular formula is C18H20N4O2. The van der Waals surface area contributed by atoms with Crippen molar-refractivity contribution in [2.75, 3.05) is 13.7 Å². The summed E-state index contributed by atoms with van der Waals surface area (Å²) >= 11 is 0. The average Bonchev–Trinajstić information content (AvgIpc) is 3.04. The zero-order chi connectivity index (χ0) is 16.8. The minimum absolute atomic E-state index is 0.174. The SMILES string of the molecule is CO[C@H](CNC(=O)NCc1cn2ccccc2n1)c1ccccc1. The van der Waals surface area contributed by atoms with Gasteiger partial charge in [-0.3, -0.25) is 0 Å². The second-order valence-corrected chi connectivity index (χ2v) is 5.40. The summed E-state index contributed by atoms with van der Waals surface area (Å²) < 4.78 is 7.35. The van der Waals surface area contributed by atoms with Gasteiger partial charge in [-0.15, -0.1) is 0 Å². The van der Waals surface area contributed by atoms with Crippen LogP contribution in [0.5, 0.6) is 0 Å². The highest BCUT2D eigenvalue weighted by molar-refractivity contribution is 5.73. The molecule has 0 fully saturated rings. The smallest absolute Gasteiger partial charge is 0.315 e. The number of carbonyl (C=O) groups is 1. The molecule has 2 heterocycles. The van der Waals surface area contributed by atoms with Gasteiger partial charge in [0.05, 0.1) is 18.3 Å². The minimum Gasteiger partial charge on any atom is -0.375 e. The molecule has 2 amide bonds.